The van der Waals surface area contributed by atoms with Gasteiger partial charge < -0.3 is 10.2 Å². The molecule has 27 heavy (non-hydrogen) atoms. The number of carbonyl (C=O) groups excluding carboxylic acids is 2. The maximum absolute atomic E-state index is 13.1. The number of hydrogen-bond acceptors (Lipinski definition) is 2. The zero-order chi connectivity index (χ0) is 19.1. The third kappa shape index (κ3) is 5.20. The zero-order valence-electron chi connectivity index (χ0n) is 15.2. The molecule has 0 atom stereocenters. The average Bonchev–Trinajstić information content (AvgIpc) is 2.98. The summed E-state index contributed by atoms with van der Waals surface area (Å²) >= 11 is 6.26. The van der Waals surface area contributed by atoms with Crippen LogP contribution < -0.4 is 5.32 Å². The Morgan fingerprint density at radius 2 is 1.52 bits per heavy atom. The van der Waals surface area contributed by atoms with Gasteiger partial charge in [-0.2, -0.15) is 0 Å². The summed E-state index contributed by atoms with van der Waals surface area (Å²) in [5.41, 5.74) is 1.45. The molecule has 0 aromatic heterocycles. The van der Waals surface area contributed by atoms with E-state index < -0.39 is 0 Å². The normalized spacial score (nSPS) is 15.1. The summed E-state index contributed by atoms with van der Waals surface area (Å²) in [5.74, 6) is -0.474. The van der Waals surface area contributed by atoms with E-state index >= 15 is 0 Å². The minimum atomic E-state index is -0.308. The number of likely N-dealkylation sites (tertiary alicyclic amines) is 1. The van der Waals surface area contributed by atoms with Gasteiger partial charge in [0.1, 0.15) is 5.70 Å². The van der Waals surface area contributed by atoms with Crippen molar-refractivity contribution in [2.45, 2.75) is 25.7 Å². The Balaban J connectivity index is 1.89. The van der Waals surface area contributed by atoms with Crippen LogP contribution in [-0.4, -0.2) is 29.8 Å². The van der Waals surface area contributed by atoms with Gasteiger partial charge in [-0.15, -0.1) is 0 Å². The zero-order valence-corrected chi connectivity index (χ0v) is 15.9. The van der Waals surface area contributed by atoms with Crippen molar-refractivity contribution in [2.24, 2.45) is 0 Å². The van der Waals surface area contributed by atoms with Crippen LogP contribution in [0.5, 0.6) is 0 Å². The fourth-order valence-corrected chi connectivity index (χ4v) is 3.32. The van der Waals surface area contributed by atoms with Crippen LogP contribution in [-0.2, 0) is 4.79 Å². The van der Waals surface area contributed by atoms with Crippen LogP contribution in [0.2, 0.25) is 5.02 Å². The fourth-order valence-electron chi connectivity index (χ4n) is 3.13. The molecule has 140 valence electrons. The molecule has 2 aromatic carbocycles. The first-order valence-electron chi connectivity index (χ1n) is 9.27. The molecule has 0 bridgehead atoms. The summed E-state index contributed by atoms with van der Waals surface area (Å²) in [6.45, 7) is 1.42. The average molecular weight is 383 g/mol. The predicted molar refractivity (Wildman–Crippen MR) is 108 cm³/mol. The molecule has 1 aliphatic rings. The van der Waals surface area contributed by atoms with E-state index in [2.05, 4.69) is 5.32 Å². The number of halogens is 1. The van der Waals surface area contributed by atoms with Crippen molar-refractivity contribution >= 4 is 29.5 Å². The van der Waals surface area contributed by atoms with Crippen molar-refractivity contribution in [1.82, 2.24) is 10.2 Å². The van der Waals surface area contributed by atoms with E-state index in [1.807, 2.05) is 29.2 Å². The van der Waals surface area contributed by atoms with Gasteiger partial charge in [0.05, 0.1) is 0 Å². The van der Waals surface area contributed by atoms with Crippen molar-refractivity contribution in [3.63, 3.8) is 0 Å². The molecule has 0 spiro atoms. The third-order valence-corrected chi connectivity index (χ3v) is 4.96. The first-order valence-corrected chi connectivity index (χ1v) is 9.65. The predicted octanol–water partition coefficient (Wildman–Crippen LogP) is 4.51. The van der Waals surface area contributed by atoms with Gasteiger partial charge in [-0.25, -0.2) is 0 Å². The molecule has 1 saturated heterocycles. The second-order valence-corrected chi connectivity index (χ2v) is 7.01. The Bertz CT molecular complexity index is 825. The van der Waals surface area contributed by atoms with Crippen LogP contribution in [0.4, 0.5) is 0 Å². The van der Waals surface area contributed by atoms with Gasteiger partial charge in [0.15, 0.2) is 0 Å². The Hall–Kier alpha value is -2.59. The van der Waals surface area contributed by atoms with Crippen LogP contribution in [0.3, 0.4) is 0 Å². The van der Waals surface area contributed by atoms with Gasteiger partial charge in [0, 0.05) is 23.7 Å². The van der Waals surface area contributed by atoms with Crippen molar-refractivity contribution < 1.29 is 9.59 Å². The highest BCUT2D eigenvalue weighted by Gasteiger charge is 2.22. The number of hydrogen-bond donors (Lipinski definition) is 1. The minimum Gasteiger partial charge on any atom is -0.337 e. The molecular weight excluding hydrogens is 360 g/mol. The monoisotopic (exact) mass is 382 g/mol. The Morgan fingerprint density at radius 3 is 2.19 bits per heavy atom. The molecular formula is C22H23ClN2O2. The second kappa shape index (κ2) is 9.38. The number of amides is 2. The summed E-state index contributed by atoms with van der Waals surface area (Å²) in [6, 6.07) is 16.2. The minimum absolute atomic E-state index is 0.166. The van der Waals surface area contributed by atoms with Crippen LogP contribution in [0.15, 0.2) is 60.3 Å². The lowest BCUT2D eigenvalue weighted by Crippen LogP contribution is -2.39. The molecule has 1 aliphatic heterocycles. The van der Waals surface area contributed by atoms with E-state index in [0.717, 1.165) is 25.7 Å². The number of carbonyl (C=O) groups is 2. The first kappa shape index (κ1) is 19.2. The van der Waals surface area contributed by atoms with Crippen LogP contribution in [0.1, 0.15) is 41.6 Å². The molecule has 0 unspecified atom stereocenters. The number of nitrogens with one attached hydrogen (secondary N) is 1. The molecule has 0 radical (unpaired) electrons. The van der Waals surface area contributed by atoms with Gasteiger partial charge in [0.2, 0.25) is 0 Å². The molecule has 0 aliphatic carbocycles. The number of rotatable bonds is 4. The fraction of sp³-hybridized carbons (Fsp3) is 0.273. The van der Waals surface area contributed by atoms with Crippen molar-refractivity contribution in [1.29, 1.82) is 0 Å². The highest BCUT2D eigenvalue weighted by atomic mass is 35.5. The molecule has 1 heterocycles. The molecule has 4 nitrogen and oxygen atoms in total. The lowest BCUT2D eigenvalue weighted by molar-refractivity contribution is -0.127. The van der Waals surface area contributed by atoms with E-state index in [1.54, 1.807) is 36.4 Å². The molecule has 2 aromatic rings. The summed E-state index contributed by atoms with van der Waals surface area (Å²) in [7, 11) is 0. The van der Waals surface area contributed by atoms with Crippen molar-refractivity contribution in [2.75, 3.05) is 13.1 Å². The van der Waals surface area contributed by atoms with Gasteiger partial charge in [-0.1, -0.05) is 60.8 Å². The molecule has 3 rings (SSSR count). The number of benzene rings is 2. The molecule has 0 saturated carbocycles. The van der Waals surface area contributed by atoms with Crippen molar-refractivity contribution in [3.05, 3.63) is 76.4 Å². The molecule has 1 fully saturated rings. The largest absolute Gasteiger partial charge is 0.337 e. The van der Waals surface area contributed by atoms with Gasteiger partial charge in [-0.3, -0.25) is 9.59 Å². The van der Waals surface area contributed by atoms with E-state index in [0.29, 0.717) is 29.2 Å². The maximum atomic E-state index is 13.1. The quantitative estimate of drug-likeness (QED) is 0.790. The van der Waals surface area contributed by atoms with Gasteiger partial charge >= 0.3 is 0 Å². The molecule has 5 heteroatoms. The smallest absolute Gasteiger partial charge is 0.270 e. The standard InChI is InChI=1S/C22H23ClN2O2/c23-19-13-7-6-12-18(19)16-20(22(27)25-14-8-1-2-9-15-25)24-21(26)17-10-4-3-5-11-17/h3-7,10-13,16H,1-2,8-9,14-15H2,(H,24,26)/b20-16+. The van der Waals surface area contributed by atoms with Gasteiger partial charge in [-0.05, 0) is 42.7 Å². The Labute approximate surface area is 164 Å². The highest BCUT2D eigenvalue weighted by molar-refractivity contribution is 6.32. The van der Waals surface area contributed by atoms with Crippen LogP contribution in [0.25, 0.3) is 6.08 Å². The van der Waals surface area contributed by atoms with Crippen LogP contribution >= 0.6 is 11.6 Å². The summed E-state index contributed by atoms with van der Waals surface area (Å²) < 4.78 is 0. The lowest BCUT2D eigenvalue weighted by Gasteiger charge is -2.22. The SMILES string of the molecule is O=C(N/C(=C/c1ccccc1Cl)C(=O)N1CCCCCC1)c1ccccc1. The topological polar surface area (TPSA) is 49.4 Å². The van der Waals surface area contributed by atoms with Crippen LogP contribution in [0, 0.1) is 0 Å². The second-order valence-electron chi connectivity index (χ2n) is 6.61. The maximum Gasteiger partial charge on any atom is 0.270 e. The van der Waals surface area contributed by atoms with E-state index in [-0.39, 0.29) is 17.5 Å². The van der Waals surface area contributed by atoms with Crippen molar-refractivity contribution in [3.8, 4) is 0 Å². The Kier molecular flexibility index (Phi) is 6.66. The number of nitrogens with zero attached hydrogens (tertiary/aromatic N) is 1. The van der Waals surface area contributed by atoms with Gasteiger partial charge in [0.25, 0.3) is 11.8 Å². The first-order chi connectivity index (χ1) is 13.1. The van der Waals surface area contributed by atoms with E-state index in [4.69, 9.17) is 11.6 Å². The van der Waals surface area contributed by atoms with E-state index in [1.165, 1.54) is 0 Å². The Morgan fingerprint density at radius 1 is 0.889 bits per heavy atom. The summed E-state index contributed by atoms with van der Waals surface area (Å²) in [5, 5.41) is 3.33. The molecule has 1 N–H and O–H groups in total. The lowest BCUT2D eigenvalue weighted by atomic mass is 10.1. The third-order valence-electron chi connectivity index (χ3n) is 4.61. The highest BCUT2D eigenvalue weighted by Crippen LogP contribution is 2.19. The van der Waals surface area contributed by atoms with E-state index in [9.17, 15) is 9.59 Å². The molecule has 2 amide bonds. The summed E-state index contributed by atoms with van der Waals surface area (Å²) in [6.07, 6.45) is 5.89. The summed E-state index contributed by atoms with van der Waals surface area (Å²) in [4.78, 5) is 27.6.